The lowest BCUT2D eigenvalue weighted by atomic mass is 9.90. The molecule has 1 rings (SSSR count). The van der Waals surface area contributed by atoms with Crippen LogP contribution in [0, 0.1) is 5.41 Å². The highest BCUT2D eigenvalue weighted by Gasteiger charge is 2.37. The highest BCUT2D eigenvalue weighted by atomic mass is 32.2. The van der Waals surface area contributed by atoms with E-state index in [1.54, 1.807) is 4.31 Å². The Morgan fingerprint density at radius 2 is 2.14 bits per heavy atom. The van der Waals surface area contributed by atoms with Gasteiger partial charge < -0.3 is 5.73 Å². The maximum Gasteiger partial charge on any atom is 0.214 e. The molecule has 1 aliphatic heterocycles. The first-order valence-electron chi connectivity index (χ1n) is 5.11. The molecule has 0 aromatic heterocycles. The Balaban J connectivity index is 2.67. The lowest BCUT2D eigenvalue weighted by Crippen LogP contribution is -2.35. The maximum absolute atomic E-state index is 11.7. The van der Waals surface area contributed by atoms with Gasteiger partial charge in [-0.2, -0.15) is 0 Å². The fraction of sp³-hybridized carbons (Fsp3) is 1.00. The Morgan fingerprint density at radius 3 is 2.57 bits per heavy atom. The molecule has 1 saturated heterocycles. The van der Waals surface area contributed by atoms with Crippen LogP contribution in [0.4, 0.5) is 0 Å². The first kappa shape index (κ1) is 11.9. The van der Waals surface area contributed by atoms with E-state index in [0.29, 0.717) is 26.1 Å². The minimum absolute atomic E-state index is 0.0131. The predicted octanol–water partition coefficient (Wildman–Crippen LogP) is 0.397. The highest BCUT2D eigenvalue weighted by molar-refractivity contribution is 7.89. The Morgan fingerprint density at radius 1 is 1.50 bits per heavy atom. The van der Waals surface area contributed by atoms with Gasteiger partial charge in [-0.1, -0.05) is 13.8 Å². The molecule has 0 saturated carbocycles. The van der Waals surface area contributed by atoms with E-state index >= 15 is 0 Å². The summed E-state index contributed by atoms with van der Waals surface area (Å²) in [5.41, 5.74) is 5.61. The summed E-state index contributed by atoms with van der Waals surface area (Å²) in [4.78, 5) is 0. The van der Waals surface area contributed by atoms with Gasteiger partial charge in [0.05, 0.1) is 5.75 Å². The summed E-state index contributed by atoms with van der Waals surface area (Å²) in [6, 6.07) is 0. The Kier molecular flexibility index (Phi) is 3.55. The zero-order valence-corrected chi connectivity index (χ0v) is 9.81. The summed E-state index contributed by atoms with van der Waals surface area (Å²) in [6.45, 7) is 5.72. The lowest BCUT2D eigenvalue weighted by Gasteiger charge is -2.22. The van der Waals surface area contributed by atoms with E-state index in [2.05, 4.69) is 6.92 Å². The zero-order valence-electron chi connectivity index (χ0n) is 8.99. The molecule has 0 amide bonds. The average molecular weight is 220 g/mol. The smallest absolute Gasteiger partial charge is 0.214 e. The van der Waals surface area contributed by atoms with Gasteiger partial charge in [-0.25, -0.2) is 12.7 Å². The molecule has 1 aliphatic rings. The Hall–Kier alpha value is -0.130. The molecule has 5 heteroatoms. The van der Waals surface area contributed by atoms with E-state index < -0.39 is 10.0 Å². The molecule has 0 spiro atoms. The highest BCUT2D eigenvalue weighted by Crippen LogP contribution is 2.30. The number of hydrogen-bond donors (Lipinski definition) is 1. The van der Waals surface area contributed by atoms with Crippen molar-refractivity contribution in [3.63, 3.8) is 0 Å². The van der Waals surface area contributed by atoms with Gasteiger partial charge in [-0.3, -0.25) is 0 Å². The fourth-order valence-corrected chi connectivity index (χ4v) is 3.42. The summed E-state index contributed by atoms with van der Waals surface area (Å²) in [6.07, 6.45) is 1.56. The standard InChI is InChI=1S/C9H20N2O2S/c1-3-6-14(12,13)11-5-4-9(2,7-10)8-11/h3-8,10H2,1-2H3. The molecule has 1 unspecified atom stereocenters. The monoisotopic (exact) mass is 220 g/mol. The second kappa shape index (κ2) is 4.16. The molecule has 4 nitrogen and oxygen atoms in total. The van der Waals surface area contributed by atoms with Crippen LogP contribution in [0.5, 0.6) is 0 Å². The second-order valence-electron chi connectivity index (χ2n) is 4.41. The zero-order chi connectivity index (χ0) is 10.8. The molecule has 84 valence electrons. The van der Waals surface area contributed by atoms with E-state index in [4.69, 9.17) is 5.73 Å². The van der Waals surface area contributed by atoms with E-state index in [1.165, 1.54) is 0 Å². The van der Waals surface area contributed by atoms with Crippen LogP contribution in [0.25, 0.3) is 0 Å². The number of sulfonamides is 1. The van der Waals surface area contributed by atoms with E-state index in [1.807, 2.05) is 6.92 Å². The van der Waals surface area contributed by atoms with Crippen molar-refractivity contribution in [1.82, 2.24) is 4.31 Å². The number of rotatable bonds is 4. The van der Waals surface area contributed by atoms with Crippen LogP contribution >= 0.6 is 0 Å². The van der Waals surface area contributed by atoms with E-state index in [-0.39, 0.29) is 11.2 Å². The molecule has 1 fully saturated rings. The van der Waals surface area contributed by atoms with Gasteiger partial charge in [0.1, 0.15) is 0 Å². The van der Waals surface area contributed by atoms with Crippen LogP contribution in [0.3, 0.4) is 0 Å². The molecule has 1 heterocycles. The first-order valence-corrected chi connectivity index (χ1v) is 6.72. The summed E-state index contributed by atoms with van der Waals surface area (Å²) in [7, 11) is -3.01. The van der Waals surface area contributed by atoms with Crippen molar-refractivity contribution in [2.24, 2.45) is 11.1 Å². The van der Waals surface area contributed by atoms with Gasteiger partial charge in [-0.15, -0.1) is 0 Å². The quantitative estimate of drug-likeness (QED) is 0.746. The third-order valence-corrected chi connectivity index (χ3v) is 4.89. The van der Waals surface area contributed by atoms with Gasteiger partial charge in [0.2, 0.25) is 10.0 Å². The average Bonchev–Trinajstić information content (AvgIpc) is 2.50. The van der Waals surface area contributed by atoms with Crippen molar-refractivity contribution >= 4 is 10.0 Å². The predicted molar refractivity (Wildman–Crippen MR) is 57.4 cm³/mol. The normalized spacial score (nSPS) is 29.6. The Labute approximate surface area is 86.5 Å². The van der Waals surface area contributed by atoms with Crippen LogP contribution < -0.4 is 5.73 Å². The van der Waals surface area contributed by atoms with Crippen molar-refractivity contribution in [1.29, 1.82) is 0 Å². The summed E-state index contributed by atoms with van der Waals surface area (Å²) < 4.78 is 25.0. The lowest BCUT2D eigenvalue weighted by molar-refractivity contribution is 0.349. The minimum Gasteiger partial charge on any atom is -0.330 e. The molecule has 1 atom stereocenters. The summed E-state index contributed by atoms with van der Waals surface area (Å²) >= 11 is 0. The van der Waals surface area contributed by atoms with Gasteiger partial charge in [-0.05, 0) is 24.8 Å². The molecule has 0 aromatic carbocycles. The molecule has 2 N–H and O–H groups in total. The molecule has 0 aromatic rings. The number of nitrogens with zero attached hydrogens (tertiary/aromatic N) is 1. The van der Waals surface area contributed by atoms with E-state index in [9.17, 15) is 8.42 Å². The van der Waals surface area contributed by atoms with Gasteiger partial charge >= 0.3 is 0 Å². The van der Waals surface area contributed by atoms with Crippen molar-refractivity contribution in [3.05, 3.63) is 0 Å². The Bertz CT molecular complexity index is 289. The van der Waals surface area contributed by atoms with Gasteiger partial charge in [0, 0.05) is 13.1 Å². The maximum atomic E-state index is 11.7. The molecule has 0 bridgehead atoms. The third-order valence-electron chi connectivity index (χ3n) is 2.87. The van der Waals surface area contributed by atoms with Crippen molar-refractivity contribution in [2.75, 3.05) is 25.4 Å². The van der Waals surface area contributed by atoms with Crippen molar-refractivity contribution in [2.45, 2.75) is 26.7 Å². The second-order valence-corrected chi connectivity index (χ2v) is 6.50. The number of hydrogen-bond acceptors (Lipinski definition) is 3. The topological polar surface area (TPSA) is 63.4 Å². The minimum atomic E-state index is -3.01. The fourth-order valence-electron chi connectivity index (χ4n) is 1.77. The van der Waals surface area contributed by atoms with Crippen LogP contribution in [0.1, 0.15) is 26.7 Å². The first-order chi connectivity index (χ1) is 6.43. The van der Waals surface area contributed by atoms with Crippen LogP contribution in [-0.2, 0) is 10.0 Å². The van der Waals surface area contributed by atoms with Crippen LogP contribution in [0.15, 0.2) is 0 Å². The van der Waals surface area contributed by atoms with Crippen molar-refractivity contribution < 1.29 is 8.42 Å². The largest absolute Gasteiger partial charge is 0.330 e. The summed E-state index contributed by atoms with van der Waals surface area (Å²) in [5.74, 6) is 0.258. The molecule has 0 aliphatic carbocycles. The van der Waals surface area contributed by atoms with Gasteiger partial charge in [0.25, 0.3) is 0 Å². The van der Waals surface area contributed by atoms with Crippen LogP contribution in [-0.4, -0.2) is 38.1 Å². The number of nitrogens with two attached hydrogens (primary N) is 1. The summed E-state index contributed by atoms with van der Waals surface area (Å²) in [5, 5.41) is 0. The van der Waals surface area contributed by atoms with Crippen LogP contribution in [0.2, 0.25) is 0 Å². The van der Waals surface area contributed by atoms with E-state index in [0.717, 1.165) is 6.42 Å². The molecule has 0 radical (unpaired) electrons. The molecular weight excluding hydrogens is 200 g/mol. The van der Waals surface area contributed by atoms with Gasteiger partial charge in [0.15, 0.2) is 0 Å². The third kappa shape index (κ3) is 2.46. The molecule has 14 heavy (non-hydrogen) atoms. The molecular formula is C9H20N2O2S. The van der Waals surface area contributed by atoms with Crippen molar-refractivity contribution in [3.8, 4) is 0 Å². The SMILES string of the molecule is CCCS(=O)(=O)N1CCC(C)(CN)C1.